The minimum atomic E-state index is -0.492. The van der Waals surface area contributed by atoms with Crippen LogP contribution in [0.1, 0.15) is 21.6 Å². The summed E-state index contributed by atoms with van der Waals surface area (Å²) in [6.45, 7) is 0.539. The van der Waals surface area contributed by atoms with Crippen LogP contribution in [0, 0.1) is 10.1 Å². The number of non-ortho nitro benzene ring substituents is 1. The van der Waals surface area contributed by atoms with E-state index in [4.69, 9.17) is 0 Å². The Labute approximate surface area is 162 Å². The van der Waals surface area contributed by atoms with Crippen LogP contribution in [-0.4, -0.2) is 26.8 Å². The van der Waals surface area contributed by atoms with Crippen molar-refractivity contribution in [2.45, 2.75) is 6.54 Å². The van der Waals surface area contributed by atoms with E-state index in [1.165, 1.54) is 18.3 Å². The fraction of sp³-hybridized carbons (Fsp3) is 0.0556. The number of nitro benzene ring substituents is 1. The molecule has 1 heterocycles. The first-order valence-electron chi connectivity index (χ1n) is 7.87. The average Bonchev–Trinajstić information content (AvgIpc) is 3.12. The summed E-state index contributed by atoms with van der Waals surface area (Å²) in [6.07, 6.45) is 3.05. The van der Waals surface area contributed by atoms with Crippen LogP contribution in [0.15, 0.2) is 70.4 Å². The molecule has 1 aromatic heterocycles. The molecule has 0 radical (unpaired) electrons. The van der Waals surface area contributed by atoms with E-state index in [9.17, 15) is 14.9 Å². The Hall–Kier alpha value is -3.33. The van der Waals surface area contributed by atoms with Gasteiger partial charge in [-0.3, -0.25) is 19.6 Å². The van der Waals surface area contributed by atoms with Crippen LogP contribution in [0.4, 0.5) is 5.69 Å². The van der Waals surface area contributed by atoms with Gasteiger partial charge in [0.05, 0.1) is 17.7 Å². The molecule has 9 heteroatoms. The van der Waals surface area contributed by atoms with Gasteiger partial charge < -0.3 is 0 Å². The van der Waals surface area contributed by atoms with Gasteiger partial charge in [-0.2, -0.15) is 10.2 Å². The Balaban J connectivity index is 1.60. The van der Waals surface area contributed by atoms with Crippen molar-refractivity contribution in [3.63, 3.8) is 0 Å². The molecule has 3 rings (SSSR count). The molecule has 0 saturated heterocycles. The molecule has 0 atom stereocenters. The maximum atomic E-state index is 12.1. The Morgan fingerprint density at radius 1 is 1.26 bits per heavy atom. The zero-order valence-corrected chi connectivity index (χ0v) is 15.5. The average molecular weight is 428 g/mol. The molecule has 1 amide bonds. The Bertz CT molecular complexity index is 998. The van der Waals surface area contributed by atoms with Crippen molar-refractivity contribution in [1.29, 1.82) is 0 Å². The molecular weight excluding hydrogens is 414 g/mol. The first-order valence-corrected chi connectivity index (χ1v) is 8.66. The highest BCUT2D eigenvalue weighted by atomic mass is 79.9. The minimum absolute atomic E-state index is 0.0445. The third kappa shape index (κ3) is 5.08. The molecule has 0 spiro atoms. The zero-order chi connectivity index (χ0) is 19.2. The smallest absolute Gasteiger partial charge is 0.268 e. The summed E-state index contributed by atoms with van der Waals surface area (Å²) in [6, 6.07) is 15.3. The van der Waals surface area contributed by atoms with E-state index < -0.39 is 10.8 Å². The lowest BCUT2D eigenvalue weighted by Gasteiger charge is -2.02. The zero-order valence-electron chi connectivity index (χ0n) is 13.9. The Morgan fingerprint density at radius 3 is 2.78 bits per heavy atom. The van der Waals surface area contributed by atoms with Crippen LogP contribution in [0.5, 0.6) is 0 Å². The van der Waals surface area contributed by atoms with Gasteiger partial charge in [0.2, 0.25) is 0 Å². The maximum Gasteiger partial charge on any atom is 0.291 e. The molecule has 2 aromatic carbocycles. The quantitative estimate of drug-likeness (QED) is 0.370. The first-order chi connectivity index (χ1) is 13.0. The largest absolute Gasteiger partial charge is 0.291 e. The van der Waals surface area contributed by atoms with Gasteiger partial charge in [-0.1, -0.05) is 40.2 Å². The highest BCUT2D eigenvalue weighted by Gasteiger charge is 2.09. The van der Waals surface area contributed by atoms with Gasteiger partial charge in [0.25, 0.3) is 11.6 Å². The number of benzene rings is 2. The number of amides is 1. The number of hydrogen-bond donors (Lipinski definition) is 1. The molecule has 0 saturated carbocycles. The first kappa shape index (κ1) is 18.5. The lowest BCUT2D eigenvalue weighted by Crippen LogP contribution is -2.18. The predicted molar refractivity (Wildman–Crippen MR) is 104 cm³/mol. The van der Waals surface area contributed by atoms with Crippen molar-refractivity contribution in [2.24, 2.45) is 5.10 Å². The fourth-order valence-electron chi connectivity index (χ4n) is 2.29. The van der Waals surface area contributed by atoms with E-state index in [1.807, 2.05) is 24.3 Å². The summed E-state index contributed by atoms with van der Waals surface area (Å²) >= 11 is 3.38. The number of hydrazone groups is 1. The Kier molecular flexibility index (Phi) is 5.72. The van der Waals surface area contributed by atoms with Crippen molar-refractivity contribution in [3.8, 4) is 0 Å². The summed E-state index contributed by atoms with van der Waals surface area (Å²) < 4.78 is 2.65. The van der Waals surface area contributed by atoms with E-state index >= 15 is 0 Å². The van der Waals surface area contributed by atoms with E-state index in [0.29, 0.717) is 12.1 Å². The molecule has 0 aliphatic heterocycles. The molecule has 0 unspecified atom stereocenters. The van der Waals surface area contributed by atoms with Gasteiger partial charge in [-0.25, -0.2) is 5.43 Å². The van der Waals surface area contributed by atoms with Crippen LogP contribution >= 0.6 is 15.9 Å². The number of carbonyl (C=O) groups is 1. The molecular formula is C18H14BrN5O3. The molecule has 136 valence electrons. The molecule has 3 aromatic rings. The number of nitro groups is 1. The van der Waals surface area contributed by atoms with E-state index in [-0.39, 0.29) is 11.4 Å². The third-order valence-electron chi connectivity index (χ3n) is 3.59. The van der Waals surface area contributed by atoms with Crippen molar-refractivity contribution in [1.82, 2.24) is 15.2 Å². The summed E-state index contributed by atoms with van der Waals surface area (Å²) in [5.41, 5.74) is 4.10. The van der Waals surface area contributed by atoms with Crippen molar-refractivity contribution in [2.75, 3.05) is 0 Å². The van der Waals surface area contributed by atoms with E-state index in [0.717, 1.165) is 10.0 Å². The molecule has 8 nitrogen and oxygen atoms in total. The highest BCUT2D eigenvalue weighted by Crippen LogP contribution is 2.12. The normalized spacial score (nSPS) is 10.9. The van der Waals surface area contributed by atoms with Crippen molar-refractivity contribution < 1.29 is 9.72 Å². The van der Waals surface area contributed by atoms with Gasteiger partial charge in [0, 0.05) is 28.4 Å². The van der Waals surface area contributed by atoms with Crippen molar-refractivity contribution in [3.05, 3.63) is 92.2 Å². The number of nitrogens with zero attached hydrogens (tertiary/aromatic N) is 4. The standard InChI is InChI=1S/C18H14BrN5O3/c19-15-6-4-13(5-7-15)12-23-9-8-17(22-23)18(25)21-20-11-14-2-1-3-16(10-14)24(26)27/h1-11H,12H2,(H,21,25)/b20-11-. The van der Waals surface area contributed by atoms with Gasteiger partial charge in [0.15, 0.2) is 5.69 Å². The number of nitrogens with one attached hydrogen (secondary N) is 1. The lowest BCUT2D eigenvalue weighted by atomic mass is 10.2. The van der Waals surface area contributed by atoms with Gasteiger partial charge in [-0.15, -0.1) is 0 Å². The summed E-state index contributed by atoms with van der Waals surface area (Å²) in [7, 11) is 0. The van der Waals surface area contributed by atoms with Crippen LogP contribution < -0.4 is 5.43 Å². The maximum absolute atomic E-state index is 12.1. The summed E-state index contributed by atoms with van der Waals surface area (Å²) in [5.74, 6) is -0.466. The lowest BCUT2D eigenvalue weighted by molar-refractivity contribution is -0.384. The van der Waals surface area contributed by atoms with Crippen molar-refractivity contribution >= 4 is 33.7 Å². The molecule has 1 N–H and O–H groups in total. The third-order valence-corrected chi connectivity index (χ3v) is 4.12. The van der Waals surface area contributed by atoms with Crippen LogP contribution in [0.25, 0.3) is 0 Å². The highest BCUT2D eigenvalue weighted by molar-refractivity contribution is 9.10. The monoisotopic (exact) mass is 427 g/mol. The molecule has 27 heavy (non-hydrogen) atoms. The molecule has 0 fully saturated rings. The topological polar surface area (TPSA) is 102 Å². The van der Waals surface area contributed by atoms with E-state index in [2.05, 4.69) is 31.6 Å². The number of hydrogen-bond acceptors (Lipinski definition) is 5. The predicted octanol–water partition coefficient (Wildman–Crippen LogP) is 3.37. The second-order valence-electron chi connectivity index (χ2n) is 5.58. The SMILES string of the molecule is O=C(N/N=C\c1cccc([N+](=O)[O-])c1)c1ccn(Cc2ccc(Br)cc2)n1. The number of aromatic nitrogens is 2. The van der Waals surface area contributed by atoms with Crippen LogP contribution in [0.2, 0.25) is 0 Å². The van der Waals surface area contributed by atoms with E-state index in [1.54, 1.807) is 29.1 Å². The number of halogens is 1. The van der Waals surface area contributed by atoms with Gasteiger partial charge in [-0.05, 0) is 23.8 Å². The summed E-state index contributed by atoms with van der Waals surface area (Å²) in [4.78, 5) is 22.4. The van der Waals surface area contributed by atoms with Gasteiger partial charge in [0.1, 0.15) is 0 Å². The second-order valence-corrected chi connectivity index (χ2v) is 6.49. The molecule has 0 aliphatic carbocycles. The molecule has 0 aliphatic rings. The van der Waals surface area contributed by atoms with Crippen LogP contribution in [-0.2, 0) is 6.54 Å². The molecule has 0 bridgehead atoms. The summed E-state index contributed by atoms with van der Waals surface area (Å²) in [5, 5.41) is 18.8. The van der Waals surface area contributed by atoms with Gasteiger partial charge >= 0.3 is 0 Å². The number of carbonyl (C=O) groups excluding carboxylic acids is 1. The second kappa shape index (κ2) is 8.37. The Morgan fingerprint density at radius 2 is 2.04 bits per heavy atom. The van der Waals surface area contributed by atoms with Crippen LogP contribution in [0.3, 0.4) is 0 Å². The fourth-order valence-corrected chi connectivity index (χ4v) is 2.55. The number of rotatable bonds is 6. The minimum Gasteiger partial charge on any atom is -0.268 e.